The molecule has 1 saturated carbocycles. The number of carbonyl (C=O) groups is 1. The minimum absolute atomic E-state index is 0.384. The summed E-state index contributed by atoms with van der Waals surface area (Å²) in [5, 5.41) is 12.8. The molecule has 1 aliphatic heterocycles. The molecule has 2 aromatic heterocycles. The number of benzene rings is 1. The number of nitrogens with two attached hydrogens (primary N) is 1. The van der Waals surface area contributed by atoms with E-state index >= 15 is 0 Å². The second-order valence-electron chi connectivity index (χ2n) is 10.2. The second kappa shape index (κ2) is 11.4. The van der Waals surface area contributed by atoms with Crippen LogP contribution < -0.4 is 16.0 Å². The molecule has 0 bridgehead atoms. The Labute approximate surface area is 218 Å². The van der Waals surface area contributed by atoms with E-state index in [4.69, 9.17) is 11.0 Å². The van der Waals surface area contributed by atoms with Gasteiger partial charge in [-0.15, -0.1) is 0 Å². The largest absolute Gasteiger partial charge is 0.367 e. The van der Waals surface area contributed by atoms with Crippen LogP contribution in [0.15, 0.2) is 55.0 Å². The van der Waals surface area contributed by atoms with E-state index in [0.717, 1.165) is 48.8 Å². The minimum atomic E-state index is -0.425. The van der Waals surface area contributed by atoms with Gasteiger partial charge in [0.2, 0.25) is 11.9 Å². The summed E-state index contributed by atoms with van der Waals surface area (Å²) >= 11 is 0. The summed E-state index contributed by atoms with van der Waals surface area (Å²) in [6, 6.07) is 13.9. The Kier molecular flexibility index (Phi) is 7.59. The number of amides is 1. The van der Waals surface area contributed by atoms with Crippen LogP contribution in [0.5, 0.6) is 0 Å². The van der Waals surface area contributed by atoms with Crippen LogP contribution >= 0.6 is 0 Å². The first kappa shape index (κ1) is 24.7. The lowest BCUT2D eigenvalue weighted by molar-refractivity contribution is 0.100. The maximum atomic E-state index is 11.6. The number of nitriles is 1. The first-order chi connectivity index (χ1) is 18.1. The van der Waals surface area contributed by atoms with E-state index in [1.165, 1.54) is 32.1 Å². The molecule has 2 aliphatic rings. The molecule has 0 unspecified atom stereocenters. The number of nitrogens with zero attached hydrogens (tertiary/aromatic N) is 5. The molecular weight excluding hydrogens is 462 g/mol. The highest BCUT2D eigenvalue weighted by Gasteiger charge is 2.30. The van der Waals surface area contributed by atoms with Crippen molar-refractivity contribution in [1.82, 2.24) is 15.0 Å². The summed E-state index contributed by atoms with van der Waals surface area (Å²) in [6.45, 7) is 1.92. The molecule has 8 heteroatoms. The van der Waals surface area contributed by atoms with Crippen LogP contribution in [0, 0.1) is 23.2 Å². The summed E-state index contributed by atoms with van der Waals surface area (Å²) in [5.74, 6) is 2.35. The van der Waals surface area contributed by atoms with Gasteiger partial charge < -0.3 is 16.0 Å². The fourth-order valence-corrected chi connectivity index (χ4v) is 5.82. The third kappa shape index (κ3) is 6.05. The fraction of sp³-hybridized carbons (Fsp3) is 0.414. The van der Waals surface area contributed by atoms with Gasteiger partial charge in [0.25, 0.3) is 0 Å². The number of primary amides is 1. The normalized spacial score (nSPS) is 21.7. The van der Waals surface area contributed by atoms with E-state index in [1.807, 2.05) is 30.5 Å². The van der Waals surface area contributed by atoms with E-state index in [9.17, 15) is 4.79 Å². The third-order valence-corrected chi connectivity index (χ3v) is 7.69. The zero-order valence-electron chi connectivity index (χ0n) is 21.0. The van der Waals surface area contributed by atoms with Crippen molar-refractivity contribution in [3.63, 3.8) is 0 Å². The van der Waals surface area contributed by atoms with E-state index in [2.05, 4.69) is 37.3 Å². The first-order valence-electron chi connectivity index (χ1n) is 13.2. The molecule has 3 aromatic rings. The fourth-order valence-electron chi connectivity index (χ4n) is 5.82. The molecule has 0 radical (unpaired) electrons. The molecule has 5 rings (SSSR count). The summed E-state index contributed by atoms with van der Waals surface area (Å²) < 4.78 is 0. The zero-order valence-corrected chi connectivity index (χ0v) is 21.0. The van der Waals surface area contributed by atoms with Crippen molar-refractivity contribution in [2.24, 2.45) is 17.6 Å². The Bertz CT molecular complexity index is 1270. The van der Waals surface area contributed by atoms with Crippen LogP contribution in [0.1, 0.15) is 60.9 Å². The topological polar surface area (TPSA) is 121 Å². The Hall–Kier alpha value is -3.99. The van der Waals surface area contributed by atoms with Crippen molar-refractivity contribution in [3.05, 3.63) is 66.1 Å². The number of rotatable bonds is 7. The molecule has 37 heavy (non-hydrogen) atoms. The van der Waals surface area contributed by atoms with Crippen LogP contribution in [0.3, 0.4) is 0 Å². The van der Waals surface area contributed by atoms with Gasteiger partial charge >= 0.3 is 0 Å². The molecule has 3 heterocycles. The third-order valence-electron chi connectivity index (χ3n) is 7.69. The second-order valence-corrected chi connectivity index (χ2v) is 10.2. The SMILES string of the molecule is N#Cc1cnc(N2CCC[C@H](C[C@@H]3CCCC[C@H]3Nc3cc(-c4cccc(C(N)=O)c4)ccn3)C2)nc1. The van der Waals surface area contributed by atoms with E-state index < -0.39 is 5.91 Å². The number of pyridine rings is 1. The monoisotopic (exact) mass is 495 g/mol. The van der Waals surface area contributed by atoms with Crippen molar-refractivity contribution in [2.75, 3.05) is 23.3 Å². The minimum Gasteiger partial charge on any atom is -0.367 e. The van der Waals surface area contributed by atoms with Crippen LogP contribution in [0.2, 0.25) is 0 Å². The van der Waals surface area contributed by atoms with Crippen LogP contribution in [0.25, 0.3) is 11.1 Å². The first-order valence-corrected chi connectivity index (χ1v) is 13.2. The van der Waals surface area contributed by atoms with Gasteiger partial charge in [0.05, 0.1) is 18.0 Å². The Morgan fingerprint density at radius 1 is 1.05 bits per heavy atom. The number of anilines is 2. The Morgan fingerprint density at radius 3 is 2.68 bits per heavy atom. The molecule has 2 fully saturated rings. The zero-order chi connectivity index (χ0) is 25.6. The molecule has 1 aromatic carbocycles. The Balaban J connectivity index is 1.25. The molecular formula is C29H33N7O. The Morgan fingerprint density at radius 2 is 1.86 bits per heavy atom. The lowest BCUT2D eigenvalue weighted by Gasteiger charge is -2.38. The van der Waals surface area contributed by atoms with E-state index in [0.29, 0.717) is 29.0 Å². The highest BCUT2D eigenvalue weighted by atomic mass is 16.1. The standard InChI is InChI=1S/C29H33N7O/c30-16-21-17-33-29(34-18-21)36-12-4-5-20(19-36)13-24-6-1-2-9-26(24)35-27-15-23(10-11-32-27)22-7-3-8-25(14-22)28(31)37/h3,7-8,10-11,14-15,17-18,20,24,26H,1-2,4-6,9,12-13,19H2,(H2,31,37)(H,32,35)/t20-,24+,26-/m1/s1. The maximum Gasteiger partial charge on any atom is 0.248 e. The average molecular weight is 496 g/mol. The molecule has 8 nitrogen and oxygen atoms in total. The van der Waals surface area contributed by atoms with E-state index in [-0.39, 0.29) is 0 Å². The van der Waals surface area contributed by atoms with Gasteiger partial charge in [0.1, 0.15) is 11.9 Å². The van der Waals surface area contributed by atoms with Gasteiger partial charge in [-0.3, -0.25) is 4.79 Å². The average Bonchev–Trinajstić information content (AvgIpc) is 2.94. The van der Waals surface area contributed by atoms with Crippen molar-refractivity contribution in [1.29, 1.82) is 5.26 Å². The molecule has 3 atom stereocenters. The van der Waals surface area contributed by atoms with E-state index in [1.54, 1.807) is 18.5 Å². The highest BCUT2D eigenvalue weighted by Crippen LogP contribution is 2.35. The summed E-state index contributed by atoms with van der Waals surface area (Å²) in [6.07, 6.45) is 13.4. The van der Waals surface area contributed by atoms with Gasteiger partial charge in [-0.1, -0.05) is 25.0 Å². The number of piperidine rings is 1. The predicted octanol–water partition coefficient (Wildman–Crippen LogP) is 4.79. The maximum absolute atomic E-state index is 11.6. The van der Waals surface area contributed by atoms with Crippen LogP contribution in [-0.2, 0) is 0 Å². The molecule has 190 valence electrons. The quantitative estimate of drug-likeness (QED) is 0.483. The highest BCUT2D eigenvalue weighted by molar-refractivity contribution is 5.94. The van der Waals surface area contributed by atoms with Gasteiger partial charge in [-0.05, 0) is 79.3 Å². The number of nitrogens with one attached hydrogen (secondary N) is 1. The molecule has 0 spiro atoms. The van der Waals surface area contributed by atoms with Crippen molar-refractivity contribution < 1.29 is 4.79 Å². The number of carbonyl (C=O) groups excluding carboxylic acids is 1. The summed E-state index contributed by atoms with van der Waals surface area (Å²) in [4.78, 5) is 27.3. The summed E-state index contributed by atoms with van der Waals surface area (Å²) in [5.41, 5.74) is 8.44. The van der Waals surface area contributed by atoms with Crippen molar-refractivity contribution in [3.8, 4) is 17.2 Å². The predicted molar refractivity (Wildman–Crippen MR) is 144 cm³/mol. The van der Waals surface area contributed by atoms with Gasteiger partial charge in [-0.2, -0.15) is 5.26 Å². The molecule has 1 saturated heterocycles. The van der Waals surface area contributed by atoms with Crippen molar-refractivity contribution >= 4 is 17.7 Å². The number of hydrogen-bond acceptors (Lipinski definition) is 7. The molecule has 3 N–H and O–H groups in total. The van der Waals surface area contributed by atoms with Crippen molar-refractivity contribution in [2.45, 2.75) is 51.0 Å². The summed E-state index contributed by atoms with van der Waals surface area (Å²) in [7, 11) is 0. The lowest BCUT2D eigenvalue weighted by atomic mass is 9.77. The van der Waals surface area contributed by atoms with Gasteiger partial charge in [0.15, 0.2) is 0 Å². The molecule has 1 aliphatic carbocycles. The number of hydrogen-bond donors (Lipinski definition) is 2. The number of aromatic nitrogens is 3. The smallest absolute Gasteiger partial charge is 0.248 e. The lowest BCUT2D eigenvalue weighted by Crippen LogP contribution is -2.40. The van der Waals surface area contributed by atoms with Gasteiger partial charge in [0, 0.05) is 30.9 Å². The van der Waals surface area contributed by atoms with Crippen LogP contribution in [0.4, 0.5) is 11.8 Å². The van der Waals surface area contributed by atoms with Gasteiger partial charge in [-0.25, -0.2) is 15.0 Å². The van der Waals surface area contributed by atoms with Crippen LogP contribution in [-0.4, -0.2) is 40.0 Å². The molecule has 1 amide bonds.